The zero-order valence-electron chi connectivity index (χ0n) is 42.6. The van der Waals surface area contributed by atoms with Crippen molar-refractivity contribution in [1.82, 2.24) is 10.2 Å². The first-order valence-corrected chi connectivity index (χ1v) is 26.1. The zero-order valence-corrected chi connectivity index (χ0v) is 44.0. The number of nitrogens with one attached hydrogen (secondary N) is 1. The number of carbonyl (C=O) groups is 2. The van der Waals surface area contributed by atoms with Crippen molar-refractivity contribution in [3.05, 3.63) is 13.8 Å². The summed E-state index contributed by atoms with van der Waals surface area (Å²) in [6.07, 6.45) is 45.6. The number of carbonyl (C=O) groups excluding carboxylic acids is 2. The second kappa shape index (κ2) is 57.9. The Bertz CT molecular complexity index is 876. The molecule has 0 bridgehead atoms. The summed E-state index contributed by atoms with van der Waals surface area (Å²) in [5.74, 6) is 0.551. The Labute approximate surface area is 400 Å². The predicted molar refractivity (Wildman–Crippen MR) is 268 cm³/mol. The van der Waals surface area contributed by atoms with E-state index in [1.54, 1.807) is 0 Å². The first-order valence-electron chi connectivity index (χ1n) is 26.1. The Morgan fingerprint density at radius 2 is 1.05 bits per heavy atom. The van der Waals surface area contributed by atoms with Gasteiger partial charge in [-0.15, -0.1) is 6.54 Å². The predicted octanol–water partition coefficient (Wildman–Crippen LogP) is 14.7. The molecule has 0 aromatic heterocycles. The SMILES string of the molecule is CCCCCCCCC(CC)OC.C[CH-]CNC(N)=NCCCN(CCCCCCCC=O)CCCCCCCC(=O)OC(CCCCCCCC)CCCCCCCC.[CH3-].[V+2]. The minimum Gasteiger partial charge on any atom is -0.462 e. The molecule has 0 saturated carbocycles. The average molecular weight is 916 g/mol. The van der Waals surface area contributed by atoms with Crippen LogP contribution in [0.25, 0.3) is 0 Å². The minimum absolute atomic E-state index is 0. The van der Waals surface area contributed by atoms with Crippen molar-refractivity contribution >= 4 is 18.2 Å². The van der Waals surface area contributed by atoms with Gasteiger partial charge >= 0.3 is 24.5 Å². The van der Waals surface area contributed by atoms with E-state index in [1.807, 2.05) is 20.5 Å². The van der Waals surface area contributed by atoms with Gasteiger partial charge in [0, 0.05) is 26.5 Å². The third-order valence-corrected chi connectivity index (χ3v) is 11.8. The van der Waals surface area contributed by atoms with E-state index in [1.165, 1.54) is 161 Å². The number of methoxy groups -OCH3 is 1. The maximum atomic E-state index is 12.7. The third kappa shape index (κ3) is 53.3. The van der Waals surface area contributed by atoms with Gasteiger partial charge in [0.25, 0.3) is 0 Å². The molecule has 1 unspecified atom stereocenters. The summed E-state index contributed by atoms with van der Waals surface area (Å²) in [5.41, 5.74) is 5.94. The molecule has 0 heterocycles. The van der Waals surface area contributed by atoms with Gasteiger partial charge in [-0.3, -0.25) is 9.79 Å². The largest absolute Gasteiger partial charge is 2.00 e. The van der Waals surface area contributed by atoms with Crippen LogP contribution in [-0.4, -0.2) is 75.2 Å². The molecule has 369 valence electrons. The van der Waals surface area contributed by atoms with Crippen LogP contribution in [0.3, 0.4) is 0 Å². The van der Waals surface area contributed by atoms with Gasteiger partial charge in [-0.25, -0.2) is 0 Å². The summed E-state index contributed by atoms with van der Waals surface area (Å²) in [6.45, 7) is 15.8. The minimum atomic E-state index is 0. The number of nitrogens with two attached hydrogens (primary N) is 1. The summed E-state index contributed by atoms with van der Waals surface area (Å²) in [6, 6.07) is 0. The Kier molecular flexibility index (Phi) is 63.1. The molecule has 0 aromatic rings. The van der Waals surface area contributed by atoms with Crippen LogP contribution in [0.4, 0.5) is 0 Å². The van der Waals surface area contributed by atoms with E-state index in [2.05, 4.69) is 42.9 Å². The second-order valence-corrected chi connectivity index (χ2v) is 17.5. The fourth-order valence-corrected chi connectivity index (χ4v) is 7.77. The number of ether oxygens (including phenoxy) is 2. The molecule has 0 aliphatic heterocycles. The molecule has 0 aliphatic carbocycles. The Hall–Kier alpha value is -1.09. The molecular formula is C53H108N4O4V. The van der Waals surface area contributed by atoms with Crippen molar-refractivity contribution in [2.75, 3.05) is 39.8 Å². The monoisotopic (exact) mass is 916 g/mol. The molecular weight excluding hydrogens is 808 g/mol. The first-order chi connectivity index (χ1) is 29.4. The number of unbranched alkanes of at least 4 members (excludes halogenated alkanes) is 24. The van der Waals surface area contributed by atoms with Crippen LogP contribution in [-0.2, 0) is 37.6 Å². The summed E-state index contributed by atoms with van der Waals surface area (Å²) in [4.78, 5) is 30.3. The summed E-state index contributed by atoms with van der Waals surface area (Å²) >= 11 is 0. The van der Waals surface area contributed by atoms with Gasteiger partial charge in [0.1, 0.15) is 12.4 Å². The molecule has 0 spiro atoms. The van der Waals surface area contributed by atoms with Crippen LogP contribution in [0.15, 0.2) is 4.99 Å². The molecule has 8 nitrogen and oxygen atoms in total. The van der Waals surface area contributed by atoms with Crippen molar-refractivity contribution in [3.63, 3.8) is 0 Å². The van der Waals surface area contributed by atoms with Gasteiger partial charge in [0.05, 0.1) is 6.10 Å². The molecule has 9 heteroatoms. The van der Waals surface area contributed by atoms with E-state index in [0.717, 1.165) is 90.4 Å². The van der Waals surface area contributed by atoms with Gasteiger partial charge in [-0.05, 0) is 90.3 Å². The topological polar surface area (TPSA) is 106 Å². The summed E-state index contributed by atoms with van der Waals surface area (Å²) < 4.78 is 11.4. The molecule has 0 aromatic carbocycles. The molecule has 62 heavy (non-hydrogen) atoms. The Morgan fingerprint density at radius 1 is 0.629 bits per heavy atom. The molecule has 0 aliphatic rings. The van der Waals surface area contributed by atoms with Gasteiger partial charge < -0.3 is 44.1 Å². The standard InChI is InChI=1S/C40H79N4O3.C12H26O.CH3.V/c1-4-7-9-11-16-22-29-38(30-23-17-12-10-8-5-2)47-39(46)31-24-18-15-20-26-35-44(34-25-19-13-14-21-27-37-45)36-28-33-43-40(41)42-32-6-3;1-4-6-7-8-9-10-11-12(5-2)13-3;;/h6,37-38H,4-5,7-36H2,1-3H3,(H3,41,42,43);12H,4-11H2,1-3H3;1H3;/q-1;;-1;+2. The van der Waals surface area contributed by atoms with Crippen molar-refractivity contribution in [2.45, 2.75) is 272 Å². The summed E-state index contributed by atoms with van der Waals surface area (Å²) in [5, 5.41) is 3.10. The molecule has 0 amide bonds. The van der Waals surface area contributed by atoms with E-state index in [0.29, 0.717) is 24.9 Å². The normalized spacial score (nSPS) is 11.8. The second-order valence-electron chi connectivity index (χ2n) is 17.5. The van der Waals surface area contributed by atoms with E-state index in [-0.39, 0.29) is 38.1 Å². The number of esters is 1. The van der Waals surface area contributed by atoms with Gasteiger partial charge in [0.2, 0.25) is 0 Å². The number of hydrogen-bond acceptors (Lipinski definition) is 6. The van der Waals surface area contributed by atoms with Crippen LogP contribution >= 0.6 is 0 Å². The number of nitrogens with zero attached hydrogens (tertiary/aromatic N) is 2. The Morgan fingerprint density at radius 3 is 1.50 bits per heavy atom. The quantitative estimate of drug-likeness (QED) is 0.0156. The van der Waals surface area contributed by atoms with Crippen LogP contribution in [0.1, 0.15) is 259 Å². The number of aliphatic imine (C=N–C) groups is 1. The molecule has 0 rings (SSSR count). The number of guanidine groups is 1. The van der Waals surface area contributed by atoms with Crippen LogP contribution in [0.5, 0.6) is 0 Å². The van der Waals surface area contributed by atoms with Crippen molar-refractivity contribution in [1.29, 1.82) is 0 Å². The van der Waals surface area contributed by atoms with Gasteiger partial charge in [-0.2, -0.15) is 6.92 Å². The number of hydrogen-bond donors (Lipinski definition) is 2. The van der Waals surface area contributed by atoms with Crippen LogP contribution in [0, 0.1) is 13.8 Å². The van der Waals surface area contributed by atoms with E-state index < -0.39 is 0 Å². The van der Waals surface area contributed by atoms with Crippen LogP contribution < -0.4 is 11.1 Å². The van der Waals surface area contributed by atoms with E-state index >= 15 is 0 Å². The first kappa shape index (κ1) is 67.5. The number of aldehydes is 1. The average Bonchev–Trinajstić information content (AvgIpc) is 3.25. The molecule has 0 saturated heterocycles. The van der Waals surface area contributed by atoms with E-state index in [9.17, 15) is 9.59 Å². The van der Waals surface area contributed by atoms with Crippen molar-refractivity contribution in [3.8, 4) is 0 Å². The molecule has 0 fully saturated rings. The van der Waals surface area contributed by atoms with Gasteiger partial charge in [0.15, 0.2) is 5.96 Å². The van der Waals surface area contributed by atoms with Crippen LogP contribution in [0.2, 0.25) is 0 Å². The fraction of sp³-hybridized carbons (Fsp3) is 0.906. The molecule has 1 atom stereocenters. The van der Waals surface area contributed by atoms with E-state index in [4.69, 9.17) is 15.2 Å². The fourth-order valence-electron chi connectivity index (χ4n) is 7.77. The van der Waals surface area contributed by atoms with Crippen molar-refractivity contribution in [2.24, 2.45) is 10.7 Å². The molecule has 3 N–H and O–H groups in total. The zero-order chi connectivity index (χ0) is 44.4. The third-order valence-electron chi connectivity index (χ3n) is 11.8. The molecule has 1 radical (unpaired) electrons. The van der Waals surface area contributed by atoms with Gasteiger partial charge in [-0.1, -0.05) is 169 Å². The van der Waals surface area contributed by atoms with Crippen molar-refractivity contribution < 1.29 is 37.6 Å². The Balaban J connectivity index is -0.000000960. The number of rotatable bonds is 46. The smallest absolute Gasteiger partial charge is 0.462 e. The maximum absolute atomic E-state index is 12.7. The summed E-state index contributed by atoms with van der Waals surface area (Å²) in [7, 11) is 1.82. The maximum Gasteiger partial charge on any atom is 2.00 e.